The van der Waals surface area contributed by atoms with Gasteiger partial charge in [0.1, 0.15) is 19.8 Å². The third-order valence-electron chi connectivity index (χ3n) is 5.26. The number of hydrogen-bond donors (Lipinski definition) is 0. The summed E-state index contributed by atoms with van der Waals surface area (Å²) in [5.41, 5.74) is 2.07. The number of carbonyl (C=O) groups excluding carboxylic acids is 3. The maximum atomic E-state index is 13.2. The third kappa shape index (κ3) is 4.98. The molecule has 7 heteroatoms. The Balaban J connectivity index is 1.50. The summed E-state index contributed by atoms with van der Waals surface area (Å²) in [6.07, 6.45) is 0. The SMILES string of the molecule is O=C(CN(Cc1ccccc1)C(=O)c1ccccc1)N1CC(=O)N(c2cccc(Cl)c2)C1. The fourth-order valence-corrected chi connectivity index (χ4v) is 3.80. The number of hydrogen-bond acceptors (Lipinski definition) is 3. The van der Waals surface area contributed by atoms with Gasteiger partial charge in [0.2, 0.25) is 11.8 Å². The highest BCUT2D eigenvalue weighted by Crippen LogP contribution is 2.23. The Labute approximate surface area is 191 Å². The van der Waals surface area contributed by atoms with E-state index in [1.165, 1.54) is 14.7 Å². The van der Waals surface area contributed by atoms with Crippen LogP contribution < -0.4 is 4.90 Å². The molecule has 3 aromatic rings. The number of amides is 3. The molecule has 162 valence electrons. The topological polar surface area (TPSA) is 60.9 Å². The Morgan fingerprint density at radius 3 is 2.28 bits per heavy atom. The van der Waals surface area contributed by atoms with E-state index in [2.05, 4.69) is 0 Å². The van der Waals surface area contributed by atoms with Crippen LogP contribution >= 0.6 is 11.6 Å². The van der Waals surface area contributed by atoms with Crippen molar-refractivity contribution in [3.05, 3.63) is 101 Å². The molecule has 1 aliphatic rings. The van der Waals surface area contributed by atoms with E-state index in [9.17, 15) is 14.4 Å². The first-order valence-corrected chi connectivity index (χ1v) is 10.6. The van der Waals surface area contributed by atoms with Crippen molar-refractivity contribution in [2.24, 2.45) is 0 Å². The van der Waals surface area contributed by atoms with Gasteiger partial charge >= 0.3 is 0 Å². The van der Waals surface area contributed by atoms with Gasteiger partial charge < -0.3 is 9.80 Å². The van der Waals surface area contributed by atoms with Crippen LogP contribution in [0.25, 0.3) is 0 Å². The van der Waals surface area contributed by atoms with Gasteiger partial charge in [-0.15, -0.1) is 0 Å². The first kappa shape index (κ1) is 21.6. The first-order valence-electron chi connectivity index (χ1n) is 10.2. The van der Waals surface area contributed by atoms with Crippen molar-refractivity contribution in [3.63, 3.8) is 0 Å². The minimum Gasteiger partial charge on any atom is -0.325 e. The molecule has 0 spiro atoms. The van der Waals surface area contributed by atoms with E-state index in [-0.39, 0.29) is 37.5 Å². The summed E-state index contributed by atoms with van der Waals surface area (Å²) in [7, 11) is 0. The van der Waals surface area contributed by atoms with Crippen LogP contribution in [0.4, 0.5) is 5.69 Å². The third-order valence-corrected chi connectivity index (χ3v) is 5.50. The minimum atomic E-state index is -0.289. The molecule has 1 saturated heterocycles. The van der Waals surface area contributed by atoms with Gasteiger partial charge in [0.05, 0.1) is 0 Å². The normalized spacial score (nSPS) is 13.3. The van der Waals surface area contributed by atoms with Crippen molar-refractivity contribution in [1.29, 1.82) is 0 Å². The highest BCUT2D eigenvalue weighted by molar-refractivity contribution is 6.31. The lowest BCUT2D eigenvalue weighted by atomic mass is 10.1. The van der Waals surface area contributed by atoms with E-state index in [0.29, 0.717) is 22.8 Å². The van der Waals surface area contributed by atoms with Gasteiger partial charge in [-0.05, 0) is 35.9 Å². The Bertz CT molecular complexity index is 1120. The van der Waals surface area contributed by atoms with Crippen LogP contribution in [0.3, 0.4) is 0 Å². The highest BCUT2D eigenvalue weighted by Gasteiger charge is 2.33. The summed E-state index contributed by atoms with van der Waals surface area (Å²) >= 11 is 6.05. The lowest BCUT2D eigenvalue weighted by Gasteiger charge is -2.25. The summed E-state index contributed by atoms with van der Waals surface area (Å²) in [5.74, 6) is -0.715. The fourth-order valence-electron chi connectivity index (χ4n) is 3.61. The Morgan fingerprint density at radius 1 is 0.906 bits per heavy atom. The molecule has 0 N–H and O–H groups in total. The van der Waals surface area contributed by atoms with Crippen molar-refractivity contribution in [3.8, 4) is 0 Å². The zero-order chi connectivity index (χ0) is 22.5. The molecule has 0 aromatic heterocycles. The van der Waals surface area contributed by atoms with Crippen LogP contribution in [0.5, 0.6) is 0 Å². The monoisotopic (exact) mass is 447 g/mol. The number of benzene rings is 3. The second-order valence-electron chi connectivity index (χ2n) is 7.55. The second kappa shape index (κ2) is 9.66. The molecular formula is C25H22ClN3O3. The van der Waals surface area contributed by atoms with Crippen LogP contribution in [0.15, 0.2) is 84.9 Å². The lowest BCUT2D eigenvalue weighted by molar-refractivity contribution is -0.132. The molecule has 1 heterocycles. The van der Waals surface area contributed by atoms with E-state index in [0.717, 1.165) is 5.56 Å². The number of carbonyl (C=O) groups is 3. The lowest BCUT2D eigenvalue weighted by Crippen LogP contribution is -2.42. The van der Waals surface area contributed by atoms with Gasteiger partial charge in [0.25, 0.3) is 5.91 Å². The van der Waals surface area contributed by atoms with Gasteiger partial charge in [-0.1, -0.05) is 66.2 Å². The molecule has 1 aliphatic heterocycles. The van der Waals surface area contributed by atoms with Gasteiger partial charge in [-0.2, -0.15) is 0 Å². The molecular weight excluding hydrogens is 426 g/mol. The molecule has 6 nitrogen and oxygen atoms in total. The van der Waals surface area contributed by atoms with E-state index in [4.69, 9.17) is 11.6 Å². The maximum Gasteiger partial charge on any atom is 0.254 e. The van der Waals surface area contributed by atoms with E-state index in [1.807, 2.05) is 36.4 Å². The molecule has 3 amide bonds. The van der Waals surface area contributed by atoms with Crippen molar-refractivity contribution >= 4 is 35.0 Å². The fraction of sp³-hybridized carbons (Fsp3) is 0.160. The van der Waals surface area contributed by atoms with E-state index in [1.54, 1.807) is 48.5 Å². The van der Waals surface area contributed by atoms with Crippen LogP contribution in [0.2, 0.25) is 5.02 Å². The van der Waals surface area contributed by atoms with Gasteiger partial charge in [-0.3, -0.25) is 19.3 Å². The largest absolute Gasteiger partial charge is 0.325 e. The number of rotatable bonds is 6. The average Bonchev–Trinajstić information content (AvgIpc) is 3.21. The summed E-state index contributed by atoms with van der Waals surface area (Å²) < 4.78 is 0. The molecule has 0 bridgehead atoms. The van der Waals surface area contributed by atoms with Crippen LogP contribution in [-0.4, -0.2) is 47.3 Å². The molecule has 0 radical (unpaired) electrons. The van der Waals surface area contributed by atoms with Crippen LogP contribution in [-0.2, 0) is 16.1 Å². The predicted octanol–water partition coefficient (Wildman–Crippen LogP) is 3.82. The zero-order valence-electron chi connectivity index (χ0n) is 17.4. The summed E-state index contributed by atoms with van der Waals surface area (Å²) in [6.45, 7) is 0.250. The predicted molar refractivity (Wildman–Crippen MR) is 123 cm³/mol. The Hall–Kier alpha value is -3.64. The molecule has 0 atom stereocenters. The minimum absolute atomic E-state index is 0.0376. The summed E-state index contributed by atoms with van der Waals surface area (Å²) in [6, 6.07) is 25.3. The van der Waals surface area contributed by atoms with Gasteiger partial charge in [-0.25, -0.2) is 0 Å². The van der Waals surface area contributed by atoms with Crippen LogP contribution in [0, 0.1) is 0 Å². The van der Waals surface area contributed by atoms with Crippen molar-refractivity contribution in [2.75, 3.05) is 24.7 Å². The number of anilines is 1. The van der Waals surface area contributed by atoms with E-state index < -0.39 is 0 Å². The maximum absolute atomic E-state index is 13.2. The summed E-state index contributed by atoms with van der Waals surface area (Å²) in [5, 5.41) is 0.516. The van der Waals surface area contributed by atoms with Crippen molar-refractivity contribution in [1.82, 2.24) is 9.80 Å². The van der Waals surface area contributed by atoms with Crippen molar-refractivity contribution < 1.29 is 14.4 Å². The molecule has 1 fully saturated rings. The Morgan fingerprint density at radius 2 is 1.59 bits per heavy atom. The Kier molecular flexibility index (Phi) is 6.52. The molecule has 0 saturated carbocycles. The first-order chi connectivity index (χ1) is 15.5. The highest BCUT2D eigenvalue weighted by atomic mass is 35.5. The quantitative estimate of drug-likeness (QED) is 0.577. The van der Waals surface area contributed by atoms with Gasteiger partial charge in [0, 0.05) is 22.8 Å². The standard InChI is InChI=1S/C25H22ClN3O3/c26-21-12-7-13-22(14-21)29-18-28(17-24(29)31)23(30)16-27(15-19-8-3-1-4-9-19)25(32)20-10-5-2-6-11-20/h1-14H,15-18H2. The summed E-state index contributed by atoms with van der Waals surface area (Å²) in [4.78, 5) is 43.3. The van der Waals surface area contributed by atoms with Crippen molar-refractivity contribution in [2.45, 2.75) is 6.54 Å². The molecule has 3 aromatic carbocycles. The van der Waals surface area contributed by atoms with Gasteiger partial charge in [0.15, 0.2) is 0 Å². The molecule has 0 aliphatic carbocycles. The number of halogens is 1. The van der Waals surface area contributed by atoms with Crippen LogP contribution in [0.1, 0.15) is 15.9 Å². The second-order valence-corrected chi connectivity index (χ2v) is 7.98. The molecule has 32 heavy (non-hydrogen) atoms. The zero-order valence-corrected chi connectivity index (χ0v) is 18.1. The molecule has 4 rings (SSSR count). The molecule has 0 unspecified atom stereocenters. The smallest absolute Gasteiger partial charge is 0.254 e. The van der Waals surface area contributed by atoms with E-state index >= 15 is 0 Å². The number of nitrogens with zero attached hydrogens (tertiary/aromatic N) is 3. The average molecular weight is 448 g/mol.